The highest BCUT2D eigenvalue weighted by atomic mass is 16.3. The normalized spacial score (nSPS) is 9.56. The molecule has 6 N–H and O–H groups in total. The number of para-hydroxylation sites is 2. The lowest BCUT2D eigenvalue weighted by molar-refractivity contribution is 0.475. The van der Waals surface area contributed by atoms with E-state index in [4.69, 9.17) is 11.5 Å². The lowest BCUT2D eigenvalue weighted by Gasteiger charge is -2.01. The first-order chi connectivity index (χ1) is 8.59. The van der Waals surface area contributed by atoms with Crippen LogP contribution < -0.4 is 11.5 Å². The molecule has 0 amide bonds. The first kappa shape index (κ1) is 11.7. The number of anilines is 2. The standard InChI is InChI=1S/C14H12N2O2/c15-11-5-1-3-9(13(11)17)7-8-10-4-2-6-12(16)14(10)18/h1-6,17-18H,15-16H2. The summed E-state index contributed by atoms with van der Waals surface area (Å²) >= 11 is 0. The molecule has 4 nitrogen and oxygen atoms in total. The number of benzene rings is 2. The summed E-state index contributed by atoms with van der Waals surface area (Å²) in [5.74, 6) is 5.36. The van der Waals surface area contributed by atoms with Gasteiger partial charge >= 0.3 is 0 Å². The van der Waals surface area contributed by atoms with Crippen molar-refractivity contribution in [3.05, 3.63) is 47.5 Å². The van der Waals surface area contributed by atoms with Crippen LogP contribution in [0.15, 0.2) is 36.4 Å². The number of phenols is 2. The molecule has 2 aromatic rings. The van der Waals surface area contributed by atoms with Gasteiger partial charge in [-0.2, -0.15) is 0 Å². The minimum atomic E-state index is -0.0617. The zero-order valence-electron chi connectivity index (χ0n) is 9.51. The highest BCUT2D eigenvalue weighted by molar-refractivity contribution is 5.65. The predicted molar refractivity (Wildman–Crippen MR) is 71.0 cm³/mol. The smallest absolute Gasteiger partial charge is 0.154 e. The number of aromatic hydroxyl groups is 2. The summed E-state index contributed by atoms with van der Waals surface area (Å²) in [6.07, 6.45) is 0. The lowest BCUT2D eigenvalue weighted by Crippen LogP contribution is -1.88. The van der Waals surface area contributed by atoms with Gasteiger partial charge in [0.05, 0.1) is 22.5 Å². The van der Waals surface area contributed by atoms with Gasteiger partial charge in [0.2, 0.25) is 0 Å². The molecule has 0 heterocycles. The molecule has 0 spiro atoms. The first-order valence-corrected chi connectivity index (χ1v) is 5.26. The molecule has 2 rings (SSSR count). The number of hydrogen-bond donors (Lipinski definition) is 4. The van der Waals surface area contributed by atoms with Crippen LogP contribution in [0.5, 0.6) is 11.5 Å². The number of nitrogen functional groups attached to an aromatic ring is 2. The molecule has 18 heavy (non-hydrogen) atoms. The fourth-order valence-corrected chi connectivity index (χ4v) is 1.46. The SMILES string of the molecule is Nc1cccc(C#Cc2cccc(N)c2O)c1O. The molecule has 90 valence electrons. The highest BCUT2D eigenvalue weighted by Crippen LogP contribution is 2.25. The van der Waals surface area contributed by atoms with Gasteiger partial charge in [-0.05, 0) is 24.3 Å². The molecule has 0 aliphatic carbocycles. The monoisotopic (exact) mass is 240 g/mol. The fraction of sp³-hybridized carbons (Fsp3) is 0. The van der Waals surface area contributed by atoms with Crippen molar-refractivity contribution >= 4 is 11.4 Å². The summed E-state index contributed by atoms with van der Waals surface area (Å²) in [6.45, 7) is 0. The largest absolute Gasteiger partial charge is 0.505 e. The van der Waals surface area contributed by atoms with E-state index in [2.05, 4.69) is 11.8 Å². The maximum absolute atomic E-state index is 9.68. The molecule has 4 heteroatoms. The van der Waals surface area contributed by atoms with Crippen LogP contribution in [0.1, 0.15) is 11.1 Å². The lowest BCUT2D eigenvalue weighted by atomic mass is 10.1. The van der Waals surface area contributed by atoms with Crippen molar-refractivity contribution in [1.29, 1.82) is 0 Å². The van der Waals surface area contributed by atoms with E-state index < -0.39 is 0 Å². The molecule has 0 aliphatic rings. The summed E-state index contributed by atoms with van der Waals surface area (Å²) < 4.78 is 0. The van der Waals surface area contributed by atoms with Crippen LogP contribution in [0.4, 0.5) is 11.4 Å². The second-order valence-electron chi connectivity index (χ2n) is 3.74. The molecule has 0 saturated carbocycles. The van der Waals surface area contributed by atoms with Crippen LogP contribution in [0.3, 0.4) is 0 Å². The maximum atomic E-state index is 9.68. The average molecular weight is 240 g/mol. The molecule has 0 fully saturated rings. The predicted octanol–water partition coefficient (Wildman–Crippen LogP) is 1.66. The van der Waals surface area contributed by atoms with Gasteiger partial charge in [0.1, 0.15) is 0 Å². The van der Waals surface area contributed by atoms with Crippen LogP contribution >= 0.6 is 0 Å². The first-order valence-electron chi connectivity index (χ1n) is 5.26. The maximum Gasteiger partial charge on any atom is 0.154 e. The van der Waals surface area contributed by atoms with Crippen molar-refractivity contribution in [2.75, 3.05) is 11.5 Å². The van der Waals surface area contributed by atoms with Crippen molar-refractivity contribution in [3.63, 3.8) is 0 Å². The Bertz CT molecular complexity index is 599. The van der Waals surface area contributed by atoms with Crippen molar-refractivity contribution in [2.24, 2.45) is 0 Å². The van der Waals surface area contributed by atoms with Crippen molar-refractivity contribution in [3.8, 4) is 23.3 Å². The highest BCUT2D eigenvalue weighted by Gasteiger charge is 2.03. The summed E-state index contributed by atoms with van der Waals surface area (Å²) in [7, 11) is 0. The summed E-state index contributed by atoms with van der Waals surface area (Å²) in [5, 5.41) is 19.4. The quantitative estimate of drug-likeness (QED) is 0.320. The summed E-state index contributed by atoms with van der Waals surface area (Å²) in [4.78, 5) is 0. The Morgan fingerprint density at radius 1 is 0.722 bits per heavy atom. The Hall–Kier alpha value is -2.80. The Morgan fingerprint density at radius 3 is 1.50 bits per heavy atom. The van der Waals surface area contributed by atoms with Gasteiger partial charge in [0.15, 0.2) is 11.5 Å². The molecule has 0 aromatic heterocycles. The van der Waals surface area contributed by atoms with Crippen molar-refractivity contribution in [1.82, 2.24) is 0 Å². The van der Waals surface area contributed by atoms with Gasteiger partial charge in [-0.3, -0.25) is 0 Å². The van der Waals surface area contributed by atoms with E-state index in [-0.39, 0.29) is 22.9 Å². The molecular weight excluding hydrogens is 228 g/mol. The van der Waals surface area contributed by atoms with Crippen LogP contribution in [0.2, 0.25) is 0 Å². The molecule has 0 aliphatic heterocycles. The van der Waals surface area contributed by atoms with Crippen LogP contribution in [-0.4, -0.2) is 10.2 Å². The van der Waals surface area contributed by atoms with E-state index >= 15 is 0 Å². The zero-order chi connectivity index (χ0) is 13.1. The summed E-state index contributed by atoms with van der Waals surface area (Å²) in [6, 6.07) is 9.83. The van der Waals surface area contributed by atoms with E-state index in [0.717, 1.165) is 0 Å². The zero-order valence-corrected chi connectivity index (χ0v) is 9.51. The van der Waals surface area contributed by atoms with Crippen LogP contribution in [0, 0.1) is 11.8 Å². The number of hydrogen-bond acceptors (Lipinski definition) is 4. The Balaban J connectivity index is 2.44. The number of phenolic OH excluding ortho intramolecular Hbond substituents is 2. The van der Waals surface area contributed by atoms with Gasteiger partial charge in [0, 0.05) is 0 Å². The van der Waals surface area contributed by atoms with Crippen molar-refractivity contribution < 1.29 is 10.2 Å². The minimum Gasteiger partial charge on any atom is -0.505 e. The van der Waals surface area contributed by atoms with E-state index in [9.17, 15) is 10.2 Å². The molecule has 0 bridgehead atoms. The Labute approximate surface area is 104 Å². The third kappa shape index (κ3) is 2.15. The topological polar surface area (TPSA) is 92.5 Å². The molecule has 0 unspecified atom stereocenters. The van der Waals surface area contributed by atoms with E-state index in [1.165, 1.54) is 0 Å². The van der Waals surface area contributed by atoms with Gasteiger partial charge in [0.25, 0.3) is 0 Å². The Kier molecular flexibility index (Phi) is 2.98. The van der Waals surface area contributed by atoms with Crippen molar-refractivity contribution in [2.45, 2.75) is 0 Å². The second-order valence-corrected chi connectivity index (χ2v) is 3.74. The molecule has 0 saturated heterocycles. The number of rotatable bonds is 0. The third-order valence-corrected chi connectivity index (χ3v) is 2.47. The average Bonchev–Trinajstić information content (AvgIpc) is 2.36. The van der Waals surface area contributed by atoms with Crippen LogP contribution in [0.25, 0.3) is 0 Å². The van der Waals surface area contributed by atoms with Gasteiger partial charge in [-0.25, -0.2) is 0 Å². The molecule has 0 atom stereocenters. The van der Waals surface area contributed by atoms with Gasteiger partial charge < -0.3 is 21.7 Å². The molecule has 2 aromatic carbocycles. The van der Waals surface area contributed by atoms with Crippen LogP contribution in [-0.2, 0) is 0 Å². The molecular formula is C14H12N2O2. The van der Waals surface area contributed by atoms with Gasteiger partial charge in [-0.15, -0.1) is 0 Å². The third-order valence-electron chi connectivity index (χ3n) is 2.47. The minimum absolute atomic E-state index is 0.0617. The summed E-state index contributed by atoms with van der Waals surface area (Å²) in [5.41, 5.74) is 12.4. The molecule has 0 radical (unpaired) electrons. The van der Waals surface area contributed by atoms with Gasteiger partial charge in [-0.1, -0.05) is 24.0 Å². The van der Waals surface area contributed by atoms with E-state index in [1.54, 1.807) is 36.4 Å². The fourth-order valence-electron chi connectivity index (χ4n) is 1.46. The second kappa shape index (κ2) is 4.60. The van der Waals surface area contributed by atoms with E-state index in [1.807, 2.05) is 0 Å². The Morgan fingerprint density at radius 2 is 1.11 bits per heavy atom. The van der Waals surface area contributed by atoms with E-state index in [0.29, 0.717) is 11.1 Å². The number of nitrogens with two attached hydrogens (primary N) is 2.